The van der Waals surface area contributed by atoms with E-state index in [-0.39, 0.29) is 5.54 Å². The van der Waals surface area contributed by atoms with Gasteiger partial charge in [0.15, 0.2) is 0 Å². The molecule has 6 heteroatoms. The van der Waals surface area contributed by atoms with Crippen LogP contribution in [0.2, 0.25) is 0 Å². The SMILES string of the molecule is NC1(c2nn3cnnc3s2)CCC1. The summed E-state index contributed by atoms with van der Waals surface area (Å²) in [5.74, 6) is 0. The van der Waals surface area contributed by atoms with Crippen molar-refractivity contribution < 1.29 is 0 Å². The number of rotatable bonds is 1. The van der Waals surface area contributed by atoms with Gasteiger partial charge in [-0.1, -0.05) is 11.3 Å². The van der Waals surface area contributed by atoms with E-state index in [1.807, 2.05) is 0 Å². The maximum absolute atomic E-state index is 6.13. The second-order valence-electron chi connectivity index (χ2n) is 3.47. The summed E-state index contributed by atoms with van der Waals surface area (Å²) in [4.78, 5) is 0.826. The van der Waals surface area contributed by atoms with Crippen LogP contribution >= 0.6 is 11.3 Å². The van der Waals surface area contributed by atoms with Crippen LogP contribution in [0.15, 0.2) is 6.33 Å². The van der Waals surface area contributed by atoms with Gasteiger partial charge in [-0.25, -0.2) is 0 Å². The molecule has 13 heavy (non-hydrogen) atoms. The molecule has 5 nitrogen and oxygen atoms in total. The normalized spacial score (nSPS) is 20.4. The monoisotopic (exact) mass is 195 g/mol. The molecule has 1 fully saturated rings. The summed E-state index contributed by atoms with van der Waals surface area (Å²) >= 11 is 1.54. The lowest BCUT2D eigenvalue weighted by atomic mass is 9.78. The highest BCUT2D eigenvalue weighted by atomic mass is 32.1. The number of fused-ring (bicyclic) bond motifs is 1. The van der Waals surface area contributed by atoms with Gasteiger partial charge in [0, 0.05) is 0 Å². The van der Waals surface area contributed by atoms with Crippen LogP contribution in [0.25, 0.3) is 4.96 Å². The number of hydrogen-bond acceptors (Lipinski definition) is 5. The van der Waals surface area contributed by atoms with Gasteiger partial charge >= 0.3 is 0 Å². The molecular weight excluding hydrogens is 186 g/mol. The molecule has 0 atom stereocenters. The van der Waals surface area contributed by atoms with Gasteiger partial charge in [-0.3, -0.25) is 0 Å². The highest BCUT2D eigenvalue weighted by Crippen LogP contribution is 2.40. The predicted molar refractivity (Wildman–Crippen MR) is 48.4 cm³/mol. The van der Waals surface area contributed by atoms with Gasteiger partial charge in [0.05, 0.1) is 5.54 Å². The lowest BCUT2D eigenvalue weighted by Gasteiger charge is -2.35. The standard InChI is InChI=1S/C7H9N5S/c8-7(2-1-3-7)5-11-12-4-9-10-6(12)13-5/h4H,1-3,8H2. The molecule has 2 heterocycles. The van der Waals surface area contributed by atoms with Gasteiger partial charge in [0.2, 0.25) is 4.96 Å². The van der Waals surface area contributed by atoms with Crippen molar-refractivity contribution in [2.75, 3.05) is 0 Å². The largest absolute Gasteiger partial charge is 0.319 e. The van der Waals surface area contributed by atoms with E-state index < -0.39 is 0 Å². The van der Waals surface area contributed by atoms with Crippen molar-refractivity contribution in [1.82, 2.24) is 19.8 Å². The lowest BCUT2D eigenvalue weighted by molar-refractivity contribution is 0.250. The van der Waals surface area contributed by atoms with E-state index in [9.17, 15) is 0 Å². The minimum atomic E-state index is -0.175. The zero-order chi connectivity index (χ0) is 8.89. The molecular formula is C7H9N5S. The summed E-state index contributed by atoms with van der Waals surface area (Å²) in [6.45, 7) is 0. The van der Waals surface area contributed by atoms with Crippen LogP contribution in [0.5, 0.6) is 0 Å². The molecule has 0 bridgehead atoms. The van der Waals surface area contributed by atoms with Crippen molar-refractivity contribution >= 4 is 16.3 Å². The molecule has 68 valence electrons. The Morgan fingerprint density at radius 1 is 1.54 bits per heavy atom. The first-order valence-corrected chi connectivity index (χ1v) is 5.06. The topological polar surface area (TPSA) is 69.1 Å². The van der Waals surface area contributed by atoms with Crippen molar-refractivity contribution in [2.45, 2.75) is 24.8 Å². The van der Waals surface area contributed by atoms with Gasteiger partial charge in [-0.2, -0.15) is 9.61 Å². The first-order valence-electron chi connectivity index (χ1n) is 4.24. The Morgan fingerprint density at radius 2 is 2.38 bits per heavy atom. The van der Waals surface area contributed by atoms with Gasteiger partial charge in [0.25, 0.3) is 0 Å². The first kappa shape index (κ1) is 7.40. The van der Waals surface area contributed by atoms with Crippen molar-refractivity contribution in [3.05, 3.63) is 11.3 Å². The summed E-state index contributed by atoms with van der Waals surface area (Å²) < 4.78 is 1.69. The highest BCUT2D eigenvalue weighted by Gasteiger charge is 2.37. The van der Waals surface area contributed by atoms with E-state index in [2.05, 4.69) is 15.3 Å². The van der Waals surface area contributed by atoms with Gasteiger partial charge in [-0.15, -0.1) is 10.2 Å². The Balaban J connectivity index is 2.12. The van der Waals surface area contributed by atoms with Crippen molar-refractivity contribution in [3.8, 4) is 0 Å². The molecule has 0 spiro atoms. The average molecular weight is 195 g/mol. The van der Waals surface area contributed by atoms with Gasteiger partial charge < -0.3 is 5.73 Å². The van der Waals surface area contributed by atoms with E-state index in [4.69, 9.17) is 5.73 Å². The Kier molecular flexibility index (Phi) is 1.29. The third-order valence-corrected chi connectivity index (χ3v) is 3.69. The molecule has 0 unspecified atom stereocenters. The van der Waals surface area contributed by atoms with Crippen LogP contribution in [0.4, 0.5) is 0 Å². The Labute approximate surface area is 78.6 Å². The summed E-state index contributed by atoms with van der Waals surface area (Å²) in [6.07, 6.45) is 4.89. The van der Waals surface area contributed by atoms with E-state index in [1.54, 1.807) is 10.8 Å². The quantitative estimate of drug-likeness (QED) is 0.720. The summed E-state index contributed by atoms with van der Waals surface area (Å²) in [5, 5.41) is 13.0. The fraction of sp³-hybridized carbons (Fsp3) is 0.571. The van der Waals surface area contributed by atoms with Crippen LogP contribution in [0.1, 0.15) is 24.3 Å². The summed E-state index contributed by atoms with van der Waals surface area (Å²) in [7, 11) is 0. The van der Waals surface area contributed by atoms with E-state index in [1.165, 1.54) is 17.8 Å². The number of hydrogen-bond donors (Lipinski definition) is 1. The molecule has 0 aromatic carbocycles. The van der Waals surface area contributed by atoms with Crippen LogP contribution in [-0.4, -0.2) is 19.8 Å². The predicted octanol–water partition coefficient (Wildman–Crippen LogP) is 0.524. The van der Waals surface area contributed by atoms with Crippen LogP contribution in [-0.2, 0) is 5.54 Å². The fourth-order valence-corrected chi connectivity index (χ4v) is 2.51. The maximum Gasteiger partial charge on any atom is 0.234 e. The zero-order valence-electron chi connectivity index (χ0n) is 6.97. The first-order chi connectivity index (χ1) is 6.28. The lowest BCUT2D eigenvalue weighted by Crippen LogP contribution is -2.43. The van der Waals surface area contributed by atoms with Gasteiger partial charge in [-0.05, 0) is 19.3 Å². The number of nitrogens with two attached hydrogens (primary N) is 1. The zero-order valence-corrected chi connectivity index (χ0v) is 7.79. The molecule has 3 rings (SSSR count). The molecule has 0 saturated heterocycles. The molecule has 2 aromatic rings. The van der Waals surface area contributed by atoms with E-state index >= 15 is 0 Å². The molecule has 0 radical (unpaired) electrons. The third kappa shape index (κ3) is 0.925. The molecule has 1 aliphatic carbocycles. The molecule has 2 aromatic heterocycles. The molecule has 0 aliphatic heterocycles. The number of nitrogens with zero attached hydrogens (tertiary/aromatic N) is 4. The summed E-state index contributed by atoms with van der Waals surface area (Å²) in [5.41, 5.74) is 5.96. The van der Waals surface area contributed by atoms with Crippen LogP contribution in [0, 0.1) is 0 Å². The highest BCUT2D eigenvalue weighted by molar-refractivity contribution is 7.16. The minimum Gasteiger partial charge on any atom is -0.319 e. The Bertz CT molecular complexity index is 412. The molecule has 1 aliphatic rings. The molecule has 0 amide bonds. The van der Waals surface area contributed by atoms with E-state index in [0.717, 1.165) is 22.8 Å². The smallest absolute Gasteiger partial charge is 0.234 e. The third-order valence-electron chi connectivity index (χ3n) is 2.56. The molecule has 2 N–H and O–H groups in total. The summed E-state index contributed by atoms with van der Waals surface area (Å²) in [6, 6.07) is 0. The Morgan fingerprint density at radius 3 is 3.00 bits per heavy atom. The van der Waals surface area contributed by atoms with Crippen molar-refractivity contribution in [1.29, 1.82) is 0 Å². The number of aromatic nitrogens is 4. The molecule has 1 saturated carbocycles. The second-order valence-corrected chi connectivity index (χ2v) is 4.43. The minimum absolute atomic E-state index is 0.175. The van der Waals surface area contributed by atoms with Crippen molar-refractivity contribution in [3.63, 3.8) is 0 Å². The van der Waals surface area contributed by atoms with Crippen LogP contribution in [0.3, 0.4) is 0 Å². The van der Waals surface area contributed by atoms with E-state index in [0.29, 0.717) is 0 Å². The maximum atomic E-state index is 6.13. The second kappa shape index (κ2) is 2.27. The Hall–Kier alpha value is -1.01. The van der Waals surface area contributed by atoms with Gasteiger partial charge in [0.1, 0.15) is 11.3 Å². The fourth-order valence-electron chi connectivity index (χ4n) is 1.53. The average Bonchev–Trinajstić information content (AvgIpc) is 2.57. The van der Waals surface area contributed by atoms with Crippen molar-refractivity contribution in [2.24, 2.45) is 5.73 Å². The van der Waals surface area contributed by atoms with Crippen LogP contribution < -0.4 is 5.73 Å².